The van der Waals surface area contributed by atoms with Gasteiger partial charge in [-0.1, -0.05) is 51.7 Å². The summed E-state index contributed by atoms with van der Waals surface area (Å²) < 4.78 is 27.2. The summed E-state index contributed by atoms with van der Waals surface area (Å²) in [5.41, 5.74) is 0.963. The molecule has 0 aliphatic carbocycles. The van der Waals surface area contributed by atoms with Gasteiger partial charge in [-0.05, 0) is 37.5 Å². The minimum Gasteiger partial charge on any atom is -0.383 e. The van der Waals surface area contributed by atoms with Crippen LogP contribution in [-0.2, 0) is 21.5 Å². The molecule has 1 unspecified atom stereocenters. The largest absolute Gasteiger partial charge is 0.383 e. The van der Waals surface area contributed by atoms with Crippen LogP contribution in [0, 0.1) is 0 Å². The highest BCUT2D eigenvalue weighted by atomic mass is 32.2. The van der Waals surface area contributed by atoms with Crippen molar-refractivity contribution < 1.29 is 17.4 Å². The number of amides is 1. The van der Waals surface area contributed by atoms with E-state index in [-0.39, 0.29) is 17.7 Å². The van der Waals surface area contributed by atoms with Crippen LogP contribution >= 0.6 is 0 Å². The van der Waals surface area contributed by atoms with Gasteiger partial charge in [0.25, 0.3) is 0 Å². The molecular formula is C20H33NO4S. The molecule has 0 aromatic heterocycles. The van der Waals surface area contributed by atoms with Crippen molar-refractivity contribution in [3.63, 3.8) is 0 Å². The minimum absolute atomic E-state index is 0.171. The number of rotatable bonds is 12. The van der Waals surface area contributed by atoms with Gasteiger partial charge in [-0.2, -0.15) is 8.42 Å². The van der Waals surface area contributed by atoms with E-state index < -0.39 is 10.1 Å². The Balaban J connectivity index is 2.67. The van der Waals surface area contributed by atoms with Crippen LogP contribution in [0.25, 0.3) is 0 Å². The molecule has 0 aliphatic heterocycles. The molecule has 1 aromatic rings. The second kappa shape index (κ2) is 11.2. The molecule has 0 saturated heterocycles. The van der Waals surface area contributed by atoms with Gasteiger partial charge in [0, 0.05) is 19.0 Å². The zero-order chi connectivity index (χ0) is 19.6. The van der Waals surface area contributed by atoms with E-state index in [0.29, 0.717) is 13.0 Å². The van der Waals surface area contributed by atoms with Crippen molar-refractivity contribution in [3.05, 3.63) is 29.8 Å². The summed E-state index contributed by atoms with van der Waals surface area (Å²) in [6.45, 7) is 6.86. The third kappa shape index (κ3) is 8.70. The first-order valence-electron chi connectivity index (χ1n) is 9.54. The van der Waals surface area contributed by atoms with Crippen LogP contribution in [0.2, 0.25) is 0 Å². The van der Waals surface area contributed by atoms with Crippen molar-refractivity contribution in [2.75, 3.05) is 6.26 Å². The van der Waals surface area contributed by atoms with Crippen LogP contribution in [-0.4, -0.2) is 31.5 Å². The molecule has 1 rings (SSSR count). The predicted molar refractivity (Wildman–Crippen MR) is 106 cm³/mol. The molecule has 0 spiro atoms. The van der Waals surface area contributed by atoms with Gasteiger partial charge in [0.2, 0.25) is 5.91 Å². The zero-order valence-electron chi connectivity index (χ0n) is 16.5. The fourth-order valence-corrected chi connectivity index (χ4v) is 3.22. The van der Waals surface area contributed by atoms with Gasteiger partial charge in [-0.25, -0.2) is 0 Å². The molecule has 0 radical (unpaired) electrons. The van der Waals surface area contributed by atoms with E-state index in [4.69, 9.17) is 4.18 Å². The number of hydrogen-bond donors (Lipinski definition) is 0. The topological polar surface area (TPSA) is 63.7 Å². The summed E-state index contributed by atoms with van der Waals surface area (Å²) >= 11 is 0. The SMILES string of the molecule is CCCCCCCC(=O)N(Cc1ccc(OS(C)(=O)=O)cc1)C(C)CC. The predicted octanol–water partition coefficient (Wildman–Crippen LogP) is 4.51. The molecule has 0 heterocycles. The van der Waals surface area contributed by atoms with Gasteiger partial charge in [0.05, 0.1) is 6.26 Å². The second-order valence-electron chi connectivity index (χ2n) is 6.87. The van der Waals surface area contributed by atoms with Crippen LogP contribution in [0.4, 0.5) is 0 Å². The zero-order valence-corrected chi connectivity index (χ0v) is 17.3. The van der Waals surface area contributed by atoms with E-state index >= 15 is 0 Å². The van der Waals surface area contributed by atoms with Crippen LogP contribution in [0.3, 0.4) is 0 Å². The van der Waals surface area contributed by atoms with Crippen molar-refractivity contribution in [3.8, 4) is 5.75 Å². The van der Waals surface area contributed by atoms with Crippen LogP contribution < -0.4 is 4.18 Å². The number of hydrogen-bond acceptors (Lipinski definition) is 4. The van der Waals surface area contributed by atoms with E-state index in [1.165, 1.54) is 19.3 Å². The Hall–Kier alpha value is -1.56. The third-order valence-electron chi connectivity index (χ3n) is 4.46. The van der Waals surface area contributed by atoms with Gasteiger partial charge < -0.3 is 9.08 Å². The van der Waals surface area contributed by atoms with Gasteiger partial charge in [0.15, 0.2) is 0 Å². The molecule has 1 amide bonds. The van der Waals surface area contributed by atoms with E-state index in [1.807, 2.05) is 17.0 Å². The summed E-state index contributed by atoms with van der Waals surface area (Å²) in [6.07, 6.45) is 8.16. The second-order valence-corrected chi connectivity index (χ2v) is 8.45. The molecular weight excluding hydrogens is 350 g/mol. The van der Waals surface area contributed by atoms with Gasteiger partial charge in [0.1, 0.15) is 5.75 Å². The van der Waals surface area contributed by atoms with E-state index in [0.717, 1.165) is 31.1 Å². The standard InChI is InChI=1S/C20H33NO4S/c1-5-7-8-9-10-11-20(22)21(17(3)6-2)16-18-12-14-19(15-13-18)25-26(4,23)24/h12-15,17H,5-11,16H2,1-4H3. The lowest BCUT2D eigenvalue weighted by atomic mass is 10.1. The number of carbonyl (C=O) groups is 1. The molecule has 1 aromatic carbocycles. The molecule has 0 N–H and O–H groups in total. The summed E-state index contributed by atoms with van der Waals surface area (Å²) in [7, 11) is -3.53. The Labute approximate surface area is 158 Å². The van der Waals surface area contributed by atoms with Crippen LogP contribution in [0.15, 0.2) is 24.3 Å². The molecule has 0 fully saturated rings. The van der Waals surface area contributed by atoms with Crippen molar-refractivity contribution in [2.24, 2.45) is 0 Å². The maximum absolute atomic E-state index is 12.7. The number of unbranched alkanes of at least 4 members (excludes halogenated alkanes) is 4. The summed E-state index contributed by atoms with van der Waals surface area (Å²) in [5, 5.41) is 0. The Morgan fingerprint density at radius 2 is 1.69 bits per heavy atom. The van der Waals surface area contributed by atoms with Crippen molar-refractivity contribution >= 4 is 16.0 Å². The Bertz CT molecular complexity index is 640. The number of carbonyl (C=O) groups excluding carboxylic acids is 1. The lowest BCUT2D eigenvalue weighted by Gasteiger charge is -2.29. The average Bonchev–Trinajstić information content (AvgIpc) is 2.58. The summed E-state index contributed by atoms with van der Waals surface area (Å²) in [5.74, 6) is 0.473. The smallest absolute Gasteiger partial charge is 0.306 e. The summed E-state index contributed by atoms with van der Waals surface area (Å²) in [4.78, 5) is 14.6. The van der Waals surface area contributed by atoms with E-state index in [9.17, 15) is 13.2 Å². The summed E-state index contributed by atoms with van der Waals surface area (Å²) in [6, 6.07) is 7.04. The average molecular weight is 384 g/mol. The maximum atomic E-state index is 12.7. The normalized spacial score (nSPS) is 12.6. The van der Waals surface area contributed by atoms with Gasteiger partial charge in [-0.3, -0.25) is 4.79 Å². The first kappa shape index (κ1) is 22.5. The maximum Gasteiger partial charge on any atom is 0.306 e. The van der Waals surface area contributed by atoms with Crippen LogP contribution in [0.1, 0.15) is 71.3 Å². The van der Waals surface area contributed by atoms with E-state index in [1.54, 1.807) is 12.1 Å². The molecule has 0 aliphatic rings. The fourth-order valence-electron chi connectivity index (χ4n) is 2.76. The molecule has 1 atom stereocenters. The molecule has 5 nitrogen and oxygen atoms in total. The highest BCUT2D eigenvalue weighted by molar-refractivity contribution is 7.86. The van der Waals surface area contributed by atoms with Crippen molar-refractivity contribution in [1.29, 1.82) is 0 Å². The Kier molecular flexibility index (Phi) is 9.70. The van der Waals surface area contributed by atoms with Crippen LogP contribution in [0.5, 0.6) is 5.75 Å². The lowest BCUT2D eigenvalue weighted by molar-refractivity contribution is -0.134. The van der Waals surface area contributed by atoms with Crippen molar-refractivity contribution in [1.82, 2.24) is 4.90 Å². The quantitative estimate of drug-likeness (QED) is 0.393. The van der Waals surface area contributed by atoms with E-state index in [2.05, 4.69) is 20.8 Å². The van der Waals surface area contributed by atoms with Gasteiger partial charge in [-0.15, -0.1) is 0 Å². The highest BCUT2D eigenvalue weighted by Gasteiger charge is 2.19. The Morgan fingerprint density at radius 3 is 2.23 bits per heavy atom. The molecule has 0 saturated carbocycles. The molecule has 26 heavy (non-hydrogen) atoms. The number of benzene rings is 1. The monoisotopic (exact) mass is 383 g/mol. The molecule has 0 bridgehead atoms. The first-order valence-corrected chi connectivity index (χ1v) is 11.4. The molecule has 6 heteroatoms. The fraction of sp³-hybridized carbons (Fsp3) is 0.650. The van der Waals surface area contributed by atoms with Gasteiger partial charge >= 0.3 is 10.1 Å². The third-order valence-corrected chi connectivity index (χ3v) is 4.96. The highest BCUT2D eigenvalue weighted by Crippen LogP contribution is 2.18. The van der Waals surface area contributed by atoms with Crippen molar-refractivity contribution in [2.45, 2.75) is 78.3 Å². The number of nitrogens with zero attached hydrogens (tertiary/aromatic N) is 1. The Morgan fingerprint density at radius 1 is 1.08 bits per heavy atom. The first-order chi connectivity index (χ1) is 12.3. The molecule has 148 valence electrons. The lowest BCUT2D eigenvalue weighted by Crippen LogP contribution is -2.37. The minimum atomic E-state index is -3.53.